The predicted molar refractivity (Wildman–Crippen MR) is 88.8 cm³/mol. The minimum atomic E-state index is 0.0134. The summed E-state index contributed by atoms with van der Waals surface area (Å²) < 4.78 is 10.9. The van der Waals surface area contributed by atoms with Crippen molar-refractivity contribution in [2.24, 2.45) is 0 Å². The maximum atomic E-state index is 12.7. The zero-order valence-electron chi connectivity index (χ0n) is 13.5. The number of nitrogens with zero attached hydrogens (tertiary/aromatic N) is 1. The van der Waals surface area contributed by atoms with Crippen LogP contribution in [0, 0.1) is 0 Å². The molecule has 4 heteroatoms. The summed E-state index contributed by atoms with van der Waals surface area (Å²) in [5.74, 6) is 1.79. The number of ether oxygens (including phenoxy) is 2. The lowest BCUT2D eigenvalue weighted by Crippen LogP contribution is -2.36. The Labute approximate surface area is 136 Å². The number of benzene rings is 2. The number of rotatable bonds is 3. The number of hydrogen-bond acceptors (Lipinski definition) is 3. The second-order valence-electron chi connectivity index (χ2n) is 5.67. The van der Waals surface area contributed by atoms with Crippen molar-refractivity contribution >= 4 is 5.91 Å². The standard InChI is InChI=1S/C19H21NO3/c1-14-17-5-3-4-6-18(17)23-12-11-20(14)19(21)13-15-7-9-16(22-2)10-8-15/h3-10,14H,11-13H2,1-2H3. The second kappa shape index (κ2) is 6.73. The van der Waals surface area contributed by atoms with Crippen LogP contribution in [0.2, 0.25) is 0 Å². The maximum absolute atomic E-state index is 12.7. The Hall–Kier alpha value is -2.49. The van der Waals surface area contributed by atoms with Crippen molar-refractivity contribution in [1.82, 2.24) is 4.90 Å². The third-order valence-electron chi connectivity index (χ3n) is 4.26. The molecule has 0 saturated heterocycles. The van der Waals surface area contributed by atoms with Gasteiger partial charge in [0.1, 0.15) is 18.1 Å². The zero-order valence-corrected chi connectivity index (χ0v) is 13.5. The van der Waals surface area contributed by atoms with Crippen LogP contribution in [0.1, 0.15) is 24.1 Å². The molecule has 1 aliphatic heterocycles. The summed E-state index contributed by atoms with van der Waals surface area (Å²) in [6.45, 7) is 3.18. The number of methoxy groups -OCH3 is 1. The van der Waals surface area contributed by atoms with Crippen LogP contribution in [0.5, 0.6) is 11.5 Å². The maximum Gasteiger partial charge on any atom is 0.227 e. The Bertz CT molecular complexity index is 681. The van der Waals surface area contributed by atoms with Crippen LogP contribution in [0.25, 0.3) is 0 Å². The monoisotopic (exact) mass is 311 g/mol. The first kappa shape index (κ1) is 15.4. The van der Waals surface area contributed by atoms with Gasteiger partial charge in [-0.25, -0.2) is 0 Å². The van der Waals surface area contributed by atoms with Gasteiger partial charge in [0.25, 0.3) is 0 Å². The fraction of sp³-hybridized carbons (Fsp3) is 0.316. The van der Waals surface area contributed by atoms with Crippen molar-refractivity contribution < 1.29 is 14.3 Å². The van der Waals surface area contributed by atoms with Gasteiger partial charge in [0.2, 0.25) is 5.91 Å². The average Bonchev–Trinajstić information content (AvgIpc) is 2.75. The lowest BCUT2D eigenvalue weighted by atomic mass is 10.0. The Kier molecular flexibility index (Phi) is 4.51. The molecule has 1 heterocycles. The van der Waals surface area contributed by atoms with E-state index in [0.29, 0.717) is 19.6 Å². The number of amides is 1. The van der Waals surface area contributed by atoms with E-state index < -0.39 is 0 Å². The van der Waals surface area contributed by atoms with Crippen LogP contribution in [-0.4, -0.2) is 31.1 Å². The van der Waals surface area contributed by atoms with Gasteiger partial charge < -0.3 is 14.4 Å². The van der Waals surface area contributed by atoms with Gasteiger partial charge in [0.05, 0.1) is 26.1 Å². The summed E-state index contributed by atoms with van der Waals surface area (Å²) in [6.07, 6.45) is 0.385. The van der Waals surface area contributed by atoms with Crippen molar-refractivity contribution in [2.75, 3.05) is 20.3 Å². The largest absolute Gasteiger partial charge is 0.497 e. The molecule has 0 bridgehead atoms. The molecule has 0 N–H and O–H groups in total. The molecule has 2 aromatic carbocycles. The van der Waals surface area contributed by atoms with E-state index in [-0.39, 0.29) is 11.9 Å². The van der Waals surface area contributed by atoms with Crippen LogP contribution < -0.4 is 9.47 Å². The summed E-state index contributed by atoms with van der Waals surface area (Å²) in [5.41, 5.74) is 2.05. The summed E-state index contributed by atoms with van der Waals surface area (Å²) in [5, 5.41) is 0. The molecule has 4 nitrogen and oxygen atoms in total. The van der Waals surface area contributed by atoms with E-state index in [1.54, 1.807) is 7.11 Å². The van der Waals surface area contributed by atoms with Gasteiger partial charge in [-0.05, 0) is 30.7 Å². The fourth-order valence-electron chi connectivity index (χ4n) is 2.93. The quantitative estimate of drug-likeness (QED) is 0.873. The summed E-state index contributed by atoms with van der Waals surface area (Å²) in [4.78, 5) is 14.6. The Morgan fingerprint density at radius 3 is 2.70 bits per heavy atom. The van der Waals surface area contributed by atoms with Crippen LogP contribution in [0.15, 0.2) is 48.5 Å². The number of para-hydroxylation sites is 1. The Morgan fingerprint density at radius 2 is 1.96 bits per heavy atom. The minimum Gasteiger partial charge on any atom is -0.497 e. The molecule has 2 aromatic rings. The highest BCUT2D eigenvalue weighted by atomic mass is 16.5. The van der Waals surface area contributed by atoms with Crippen molar-refractivity contribution in [1.29, 1.82) is 0 Å². The van der Waals surface area contributed by atoms with E-state index in [9.17, 15) is 4.79 Å². The zero-order chi connectivity index (χ0) is 16.2. The second-order valence-corrected chi connectivity index (χ2v) is 5.67. The van der Waals surface area contributed by atoms with Crippen LogP contribution >= 0.6 is 0 Å². The molecular formula is C19H21NO3. The van der Waals surface area contributed by atoms with Crippen molar-refractivity contribution in [3.63, 3.8) is 0 Å². The number of fused-ring (bicyclic) bond motifs is 1. The molecule has 0 spiro atoms. The highest BCUT2D eigenvalue weighted by Crippen LogP contribution is 2.31. The first-order chi connectivity index (χ1) is 11.2. The van der Waals surface area contributed by atoms with E-state index in [0.717, 1.165) is 22.6 Å². The number of carbonyl (C=O) groups is 1. The lowest BCUT2D eigenvalue weighted by Gasteiger charge is -2.27. The molecule has 1 amide bonds. The third-order valence-corrected chi connectivity index (χ3v) is 4.26. The molecule has 0 radical (unpaired) electrons. The van der Waals surface area contributed by atoms with Crippen LogP contribution in [0.4, 0.5) is 0 Å². The molecule has 1 unspecified atom stereocenters. The molecule has 3 rings (SSSR count). The van der Waals surface area contributed by atoms with Crippen LogP contribution in [0.3, 0.4) is 0 Å². The third kappa shape index (κ3) is 3.31. The molecule has 0 aliphatic carbocycles. The molecule has 0 aromatic heterocycles. The molecule has 1 aliphatic rings. The molecule has 23 heavy (non-hydrogen) atoms. The van der Waals surface area contributed by atoms with Crippen molar-refractivity contribution in [3.05, 3.63) is 59.7 Å². The topological polar surface area (TPSA) is 38.8 Å². The normalized spacial score (nSPS) is 17.0. The van der Waals surface area contributed by atoms with Gasteiger partial charge in [0.15, 0.2) is 0 Å². The van der Waals surface area contributed by atoms with E-state index in [4.69, 9.17) is 9.47 Å². The molecular weight excluding hydrogens is 290 g/mol. The molecule has 0 fully saturated rings. The van der Waals surface area contributed by atoms with Crippen LogP contribution in [-0.2, 0) is 11.2 Å². The first-order valence-electron chi connectivity index (χ1n) is 7.83. The first-order valence-corrected chi connectivity index (χ1v) is 7.83. The van der Waals surface area contributed by atoms with Crippen molar-refractivity contribution in [2.45, 2.75) is 19.4 Å². The predicted octanol–water partition coefficient (Wildman–Crippen LogP) is 3.22. The Balaban J connectivity index is 1.76. The average molecular weight is 311 g/mol. The van der Waals surface area contributed by atoms with Gasteiger partial charge in [-0.15, -0.1) is 0 Å². The van der Waals surface area contributed by atoms with Crippen molar-refractivity contribution in [3.8, 4) is 11.5 Å². The smallest absolute Gasteiger partial charge is 0.227 e. The van der Waals surface area contributed by atoms with E-state index >= 15 is 0 Å². The van der Waals surface area contributed by atoms with Gasteiger partial charge >= 0.3 is 0 Å². The van der Waals surface area contributed by atoms with Gasteiger partial charge in [0, 0.05) is 5.56 Å². The summed E-state index contributed by atoms with van der Waals surface area (Å²) >= 11 is 0. The number of hydrogen-bond donors (Lipinski definition) is 0. The molecule has 120 valence electrons. The van der Waals surface area contributed by atoms with Gasteiger partial charge in [-0.1, -0.05) is 30.3 Å². The molecule has 1 atom stereocenters. The van der Waals surface area contributed by atoms with E-state index in [1.807, 2.05) is 53.4 Å². The minimum absolute atomic E-state index is 0.0134. The fourth-order valence-corrected chi connectivity index (χ4v) is 2.93. The van der Waals surface area contributed by atoms with Gasteiger partial charge in [-0.2, -0.15) is 0 Å². The lowest BCUT2D eigenvalue weighted by molar-refractivity contribution is -0.132. The van der Waals surface area contributed by atoms with E-state index in [1.165, 1.54) is 0 Å². The van der Waals surface area contributed by atoms with Gasteiger partial charge in [-0.3, -0.25) is 4.79 Å². The highest BCUT2D eigenvalue weighted by molar-refractivity contribution is 5.79. The van der Waals surface area contributed by atoms with E-state index in [2.05, 4.69) is 6.92 Å². The highest BCUT2D eigenvalue weighted by Gasteiger charge is 2.26. The summed E-state index contributed by atoms with van der Waals surface area (Å²) in [6, 6.07) is 15.6. The molecule has 0 saturated carbocycles. The number of carbonyl (C=O) groups excluding carboxylic acids is 1. The Morgan fingerprint density at radius 1 is 1.22 bits per heavy atom. The SMILES string of the molecule is COc1ccc(CC(=O)N2CCOc3ccccc3C2C)cc1. The summed E-state index contributed by atoms with van der Waals surface area (Å²) in [7, 11) is 1.64.